The predicted molar refractivity (Wildman–Crippen MR) is 121 cm³/mol. The van der Waals surface area contributed by atoms with Crippen LogP contribution in [0, 0.1) is 46.3 Å². The van der Waals surface area contributed by atoms with Gasteiger partial charge in [0.2, 0.25) is 0 Å². The van der Waals surface area contributed by atoms with E-state index < -0.39 is 0 Å². The Hall–Kier alpha value is -0.670. The van der Waals surface area contributed by atoms with Gasteiger partial charge in [-0.05, 0) is 98.2 Å². The fraction of sp³-hybridized carbons (Fsp3) is 0.889. The minimum atomic E-state index is -0.133. The molecule has 3 nitrogen and oxygen atoms in total. The van der Waals surface area contributed by atoms with Crippen LogP contribution in [0.2, 0.25) is 0 Å². The molecule has 0 aromatic heterocycles. The SMILES string of the molecule is CC(CO)CCC(=O)C(C)C1CCC2C3CC=C4CC(O)CCC4(C)C3CCC12C. The van der Waals surface area contributed by atoms with Crippen LogP contribution in [0.5, 0.6) is 0 Å². The second-order valence-electron chi connectivity index (χ2n) is 12.0. The van der Waals surface area contributed by atoms with Gasteiger partial charge in [-0.15, -0.1) is 0 Å². The Morgan fingerprint density at radius 2 is 1.90 bits per heavy atom. The number of ketones is 1. The Morgan fingerprint density at radius 1 is 1.13 bits per heavy atom. The predicted octanol–water partition coefficient (Wildman–Crippen LogP) is 5.54. The molecule has 0 aliphatic heterocycles. The summed E-state index contributed by atoms with van der Waals surface area (Å²) in [6, 6.07) is 0. The van der Waals surface area contributed by atoms with Gasteiger partial charge in [0.05, 0.1) is 6.10 Å². The van der Waals surface area contributed by atoms with Crippen molar-refractivity contribution in [2.75, 3.05) is 6.61 Å². The van der Waals surface area contributed by atoms with Gasteiger partial charge in [0.25, 0.3) is 0 Å². The number of hydrogen-bond acceptors (Lipinski definition) is 3. The Bertz CT molecular complexity index is 684. The molecule has 3 fully saturated rings. The first kappa shape index (κ1) is 22.5. The third-order valence-corrected chi connectivity index (χ3v) is 10.5. The van der Waals surface area contributed by atoms with Crippen LogP contribution in [-0.2, 0) is 4.79 Å². The maximum Gasteiger partial charge on any atom is 0.136 e. The molecule has 9 unspecified atom stereocenters. The first-order chi connectivity index (χ1) is 14.2. The number of fused-ring (bicyclic) bond motifs is 5. The van der Waals surface area contributed by atoms with Crippen LogP contribution in [0.25, 0.3) is 0 Å². The summed E-state index contributed by atoms with van der Waals surface area (Å²) < 4.78 is 0. The number of hydrogen-bond donors (Lipinski definition) is 2. The number of allylic oxidation sites excluding steroid dienone is 1. The van der Waals surface area contributed by atoms with Crippen molar-refractivity contribution >= 4 is 5.78 Å². The standard InChI is InChI=1S/C27H44O3/c1-17(16-28)5-10-25(30)18(2)22-8-9-23-21-7-6-19-15-20(29)11-13-26(19,3)24(21)12-14-27(22,23)4/h6,17-18,20-24,28-29H,5,7-16H2,1-4H3. The van der Waals surface area contributed by atoms with Crippen LogP contribution in [0.1, 0.15) is 91.9 Å². The van der Waals surface area contributed by atoms with Crippen LogP contribution in [0.4, 0.5) is 0 Å². The Labute approximate surface area is 183 Å². The lowest BCUT2D eigenvalue weighted by Gasteiger charge is -2.58. The molecule has 30 heavy (non-hydrogen) atoms. The summed E-state index contributed by atoms with van der Waals surface area (Å²) in [7, 11) is 0. The second-order valence-corrected chi connectivity index (χ2v) is 12.0. The monoisotopic (exact) mass is 416 g/mol. The highest BCUT2D eigenvalue weighted by Gasteiger charge is 2.59. The summed E-state index contributed by atoms with van der Waals surface area (Å²) in [5.41, 5.74) is 2.14. The number of rotatable bonds is 6. The normalized spacial score (nSPS) is 45.0. The largest absolute Gasteiger partial charge is 0.396 e. The highest BCUT2D eigenvalue weighted by Crippen LogP contribution is 2.67. The Balaban J connectivity index is 1.49. The molecule has 0 amide bonds. The van der Waals surface area contributed by atoms with Gasteiger partial charge in [-0.1, -0.05) is 39.3 Å². The minimum absolute atomic E-state index is 0.133. The Kier molecular flexibility index (Phi) is 6.27. The summed E-state index contributed by atoms with van der Waals surface area (Å²) in [5, 5.41) is 19.5. The third kappa shape index (κ3) is 3.62. The Morgan fingerprint density at radius 3 is 2.63 bits per heavy atom. The van der Waals surface area contributed by atoms with Crippen LogP contribution in [0.15, 0.2) is 11.6 Å². The van der Waals surface area contributed by atoms with Crippen LogP contribution in [0.3, 0.4) is 0 Å². The lowest BCUT2D eigenvalue weighted by Crippen LogP contribution is -2.51. The van der Waals surface area contributed by atoms with Gasteiger partial charge in [-0.3, -0.25) is 4.79 Å². The van der Waals surface area contributed by atoms with Crippen LogP contribution in [-0.4, -0.2) is 28.7 Å². The highest BCUT2D eigenvalue weighted by atomic mass is 16.3. The van der Waals surface area contributed by atoms with E-state index in [-0.39, 0.29) is 24.5 Å². The molecular formula is C27H44O3. The molecule has 0 aromatic carbocycles. The lowest BCUT2D eigenvalue weighted by atomic mass is 9.47. The third-order valence-electron chi connectivity index (χ3n) is 10.5. The van der Waals surface area contributed by atoms with Crippen molar-refractivity contribution in [1.29, 1.82) is 0 Å². The smallest absolute Gasteiger partial charge is 0.136 e. The zero-order chi connectivity index (χ0) is 21.7. The molecule has 170 valence electrons. The molecule has 0 aromatic rings. The van der Waals surface area contributed by atoms with Gasteiger partial charge in [0.1, 0.15) is 5.78 Å². The van der Waals surface area contributed by atoms with E-state index in [1.807, 2.05) is 6.92 Å². The van der Waals surface area contributed by atoms with E-state index in [2.05, 4.69) is 26.8 Å². The average Bonchev–Trinajstić information content (AvgIpc) is 3.08. The molecular weight excluding hydrogens is 372 g/mol. The van der Waals surface area contributed by atoms with Gasteiger partial charge in [-0.2, -0.15) is 0 Å². The summed E-state index contributed by atoms with van der Waals surface area (Å²) >= 11 is 0. The molecule has 3 heteroatoms. The van der Waals surface area contributed by atoms with Crippen molar-refractivity contribution in [3.05, 3.63) is 11.6 Å². The summed E-state index contributed by atoms with van der Waals surface area (Å²) in [6.07, 6.45) is 13.0. The fourth-order valence-corrected chi connectivity index (χ4v) is 8.44. The van der Waals surface area contributed by atoms with Crippen molar-refractivity contribution in [2.24, 2.45) is 46.3 Å². The van der Waals surface area contributed by atoms with Crippen molar-refractivity contribution in [1.82, 2.24) is 0 Å². The molecule has 0 saturated heterocycles. The van der Waals surface area contributed by atoms with Crippen molar-refractivity contribution in [3.63, 3.8) is 0 Å². The number of Topliss-reactive ketones (excluding diaryl/α,β-unsaturated/α-hetero) is 1. The van der Waals surface area contributed by atoms with E-state index in [0.29, 0.717) is 29.0 Å². The molecule has 0 bridgehead atoms. The second kappa shape index (κ2) is 8.35. The first-order valence-electron chi connectivity index (χ1n) is 12.7. The average molecular weight is 417 g/mol. The van der Waals surface area contributed by atoms with E-state index >= 15 is 0 Å². The zero-order valence-corrected chi connectivity index (χ0v) is 19.7. The summed E-state index contributed by atoms with van der Waals surface area (Å²) in [6.45, 7) is 9.41. The summed E-state index contributed by atoms with van der Waals surface area (Å²) in [4.78, 5) is 13.0. The van der Waals surface area contributed by atoms with Gasteiger partial charge in [0, 0.05) is 18.9 Å². The molecule has 9 atom stereocenters. The molecule has 4 aliphatic rings. The van der Waals surface area contributed by atoms with E-state index in [1.54, 1.807) is 5.57 Å². The van der Waals surface area contributed by atoms with Crippen molar-refractivity contribution < 1.29 is 15.0 Å². The van der Waals surface area contributed by atoms with E-state index in [9.17, 15) is 15.0 Å². The maximum atomic E-state index is 13.0. The molecule has 4 aliphatic carbocycles. The molecule has 3 saturated carbocycles. The molecule has 2 N–H and O–H groups in total. The van der Waals surface area contributed by atoms with Crippen LogP contribution < -0.4 is 0 Å². The highest BCUT2D eigenvalue weighted by molar-refractivity contribution is 5.81. The van der Waals surface area contributed by atoms with E-state index in [0.717, 1.165) is 43.4 Å². The number of carbonyl (C=O) groups is 1. The topological polar surface area (TPSA) is 57.5 Å². The molecule has 0 radical (unpaired) electrons. The number of aliphatic hydroxyl groups is 2. The van der Waals surface area contributed by atoms with Gasteiger partial charge >= 0.3 is 0 Å². The quantitative estimate of drug-likeness (QED) is 0.559. The fourth-order valence-electron chi connectivity index (χ4n) is 8.44. The minimum Gasteiger partial charge on any atom is -0.396 e. The molecule has 0 spiro atoms. The van der Waals surface area contributed by atoms with E-state index in [1.165, 1.54) is 32.1 Å². The first-order valence-corrected chi connectivity index (χ1v) is 12.7. The van der Waals surface area contributed by atoms with Crippen molar-refractivity contribution in [3.8, 4) is 0 Å². The molecule has 0 heterocycles. The van der Waals surface area contributed by atoms with E-state index in [4.69, 9.17) is 0 Å². The van der Waals surface area contributed by atoms with Gasteiger partial charge in [-0.25, -0.2) is 0 Å². The number of aliphatic hydroxyl groups excluding tert-OH is 2. The van der Waals surface area contributed by atoms with Crippen molar-refractivity contribution in [2.45, 2.75) is 98.0 Å². The number of carbonyl (C=O) groups excluding carboxylic acids is 1. The lowest BCUT2D eigenvalue weighted by molar-refractivity contribution is -0.127. The van der Waals surface area contributed by atoms with Gasteiger partial charge in [0.15, 0.2) is 0 Å². The van der Waals surface area contributed by atoms with Crippen LogP contribution >= 0.6 is 0 Å². The van der Waals surface area contributed by atoms with Gasteiger partial charge < -0.3 is 10.2 Å². The molecule has 4 rings (SSSR count). The summed E-state index contributed by atoms with van der Waals surface area (Å²) in [5.74, 6) is 3.58. The zero-order valence-electron chi connectivity index (χ0n) is 19.7. The maximum absolute atomic E-state index is 13.0.